The molecule has 2 aromatic rings. The van der Waals surface area contributed by atoms with E-state index in [0.717, 1.165) is 11.7 Å². The standard InChI is InChI=1S/C16H16N2O2S/c1-15(2,19)9-7-11-5-6-12(8-10-16(3,4)20)14-13(11)17-21-18-14/h5-6,19-20H,1-4H3. The maximum atomic E-state index is 9.67. The predicted octanol–water partition coefficient (Wildman–Crippen LogP) is 1.94. The summed E-state index contributed by atoms with van der Waals surface area (Å²) >= 11 is 1.09. The third-order valence-electron chi connectivity index (χ3n) is 2.42. The summed E-state index contributed by atoms with van der Waals surface area (Å²) in [6, 6.07) is 3.60. The number of rotatable bonds is 0. The Labute approximate surface area is 128 Å². The first-order chi connectivity index (χ1) is 9.66. The Hall–Kier alpha value is -1.92. The van der Waals surface area contributed by atoms with Crippen LogP contribution in [0.4, 0.5) is 0 Å². The van der Waals surface area contributed by atoms with Crippen molar-refractivity contribution >= 4 is 22.8 Å². The van der Waals surface area contributed by atoms with Gasteiger partial charge in [0, 0.05) is 0 Å². The lowest BCUT2D eigenvalue weighted by molar-refractivity contribution is 0.143. The maximum Gasteiger partial charge on any atom is 0.121 e. The number of hydrogen-bond donors (Lipinski definition) is 2. The predicted molar refractivity (Wildman–Crippen MR) is 83.8 cm³/mol. The summed E-state index contributed by atoms with van der Waals surface area (Å²) in [4.78, 5) is 0. The molecule has 0 aliphatic carbocycles. The van der Waals surface area contributed by atoms with Crippen LogP contribution >= 0.6 is 11.7 Å². The van der Waals surface area contributed by atoms with Gasteiger partial charge < -0.3 is 10.2 Å². The molecule has 0 fully saturated rings. The van der Waals surface area contributed by atoms with E-state index >= 15 is 0 Å². The molecular formula is C16H16N2O2S. The second kappa shape index (κ2) is 5.46. The normalized spacial score (nSPS) is 11.5. The van der Waals surface area contributed by atoms with E-state index in [1.807, 2.05) is 0 Å². The van der Waals surface area contributed by atoms with Crippen molar-refractivity contribution in [3.05, 3.63) is 23.3 Å². The van der Waals surface area contributed by atoms with E-state index in [2.05, 4.69) is 32.4 Å². The van der Waals surface area contributed by atoms with Gasteiger partial charge in [-0.05, 0) is 39.8 Å². The minimum atomic E-state index is -1.06. The summed E-state index contributed by atoms with van der Waals surface area (Å²) in [5, 5.41) is 19.3. The molecule has 108 valence electrons. The largest absolute Gasteiger partial charge is 0.378 e. The first-order valence-electron chi connectivity index (χ1n) is 6.42. The van der Waals surface area contributed by atoms with E-state index in [1.165, 1.54) is 0 Å². The Kier molecular flexibility index (Phi) is 4.02. The first kappa shape index (κ1) is 15.5. The smallest absolute Gasteiger partial charge is 0.121 e. The highest BCUT2D eigenvalue weighted by atomic mass is 32.1. The average Bonchev–Trinajstić information content (AvgIpc) is 2.81. The quantitative estimate of drug-likeness (QED) is 0.730. The molecule has 21 heavy (non-hydrogen) atoms. The van der Waals surface area contributed by atoms with E-state index in [0.29, 0.717) is 22.2 Å². The van der Waals surface area contributed by atoms with Crippen LogP contribution in [0.15, 0.2) is 12.1 Å². The molecule has 1 heterocycles. The fraction of sp³-hybridized carbons (Fsp3) is 0.375. The molecule has 0 atom stereocenters. The third kappa shape index (κ3) is 4.27. The van der Waals surface area contributed by atoms with Crippen LogP contribution in [-0.2, 0) is 0 Å². The topological polar surface area (TPSA) is 66.2 Å². The number of aliphatic hydroxyl groups is 2. The Morgan fingerprint density at radius 2 is 1.24 bits per heavy atom. The summed E-state index contributed by atoms with van der Waals surface area (Å²) < 4.78 is 8.48. The zero-order valence-corrected chi connectivity index (χ0v) is 13.2. The van der Waals surface area contributed by atoms with Crippen molar-refractivity contribution in [1.29, 1.82) is 0 Å². The van der Waals surface area contributed by atoms with Crippen LogP contribution in [0.2, 0.25) is 0 Å². The van der Waals surface area contributed by atoms with E-state index in [-0.39, 0.29) is 0 Å². The molecule has 5 heteroatoms. The fourth-order valence-corrected chi connectivity index (χ4v) is 2.08. The van der Waals surface area contributed by atoms with Crippen LogP contribution in [0, 0.1) is 23.7 Å². The summed E-state index contributed by atoms with van der Waals surface area (Å²) in [7, 11) is 0. The Morgan fingerprint density at radius 3 is 1.57 bits per heavy atom. The molecule has 0 aliphatic heterocycles. The second-order valence-electron chi connectivity index (χ2n) is 5.74. The summed E-state index contributed by atoms with van der Waals surface area (Å²) in [5.74, 6) is 11.4. The molecule has 0 radical (unpaired) electrons. The second-order valence-corrected chi connectivity index (χ2v) is 6.27. The van der Waals surface area contributed by atoms with Crippen LogP contribution in [0.5, 0.6) is 0 Å². The van der Waals surface area contributed by atoms with Gasteiger partial charge in [-0.1, -0.05) is 23.7 Å². The molecule has 0 amide bonds. The van der Waals surface area contributed by atoms with Crippen LogP contribution in [0.25, 0.3) is 11.0 Å². The minimum Gasteiger partial charge on any atom is -0.378 e. The van der Waals surface area contributed by atoms with Crippen molar-refractivity contribution in [1.82, 2.24) is 8.75 Å². The molecule has 0 saturated heterocycles. The van der Waals surface area contributed by atoms with Crippen molar-refractivity contribution in [2.24, 2.45) is 0 Å². The van der Waals surface area contributed by atoms with Gasteiger partial charge in [0.25, 0.3) is 0 Å². The Morgan fingerprint density at radius 1 is 0.857 bits per heavy atom. The third-order valence-corrected chi connectivity index (χ3v) is 2.95. The molecule has 4 nitrogen and oxygen atoms in total. The Bertz CT molecular complexity index is 721. The lowest BCUT2D eigenvalue weighted by atomic mass is 10.1. The summed E-state index contributed by atoms with van der Waals surface area (Å²) in [5.41, 5.74) is 0.618. The summed E-state index contributed by atoms with van der Waals surface area (Å²) in [6.45, 7) is 6.50. The fourth-order valence-electron chi connectivity index (χ4n) is 1.51. The van der Waals surface area contributed by atoms with Gasteiger partial charge in [-0.25, -0.2) is 0 Å². The summed E-state index contributed by atoms with van der Waals surface area (Å²) in [6.07, 6.45) is 0. The number of nitrogens with zero attached hydrogens (tertiary/aromatic N) is 2. The van der Waals surface area contributed by atoms with Gasteiger partial charge in [-0.2, -0.15) is 8.75 Å². The average molecular weight is 300 g/mol. The van der Waals surface area contributed by atoms with Crippen molar-refractivity contribution in [2.45, 2.75) is 38.9 Å². The molecular weight excluding hydrogens is 284 g/mol. The number of aromatic nitrogens is 2. The Balaban J connectivity index is 2.53. The van der Waals surface area contributed by atoms with Crippen LogP contribution in [-0.4, -0.2) is 30.2 Å². The highest BCUT2D eigenvalue weighted by Crippen LogP contribution is 2.20. The van der Waals surface area contributed by atoms with Gasteiger partial charge in [-0.3, -0.25) is 0 Å². The highest BCUT2D eigenvalue weighted by molar-refractivity contribution is 7.00. The SMILES string of the molecule is CC(C)(O)C#Cc1ccc(C#CC(C)(C)O)c2nsnc12. The molecule has 0 bridgehead atoms. The van der Waals surface area contributed by atoms with Gasteiger partial charge in [-0.15, -0.1) is 0 Å². The molecule has 0 saturated carbocycles. The number of hydrogen-bond acceptors (Lipinski definition) is 5. The van der Waals surface area contributed by atoms with Crippen molar-refractivity contribution in [3.63, 3.8) is 0 Å². The maximum absolute atomic E-state index is 9.67. The van der Waals surface area contributed by atoms with Gasteiger partial charge in [0.2, 0.25) is 0 Å². The van der Waals surface area contributed by atoms with E-state index in [4.69, 9.17) is 0 Å². The van der Waals surface area contributed by atoms with Gasteiger partial charge in [0.1, 0.15) is 22.2 Å². The molecule has 2 rings (SSSR count). The van der Waals surface area contributed by atoms with Gasteiger partial charge in [0.15, 0.2) is 0 Å². The van der Waals surface area contributed by atoms with Crippen LogP contribution < -0.4 is 0 Å². The molecule has 0 unspecified atom stereocenters. The lowest BCUT2D eigenvalue weighted by Gasteiger charge is -2.06. The van der Waals surface area contributed by atoms with E-state index < -0.39 is 11.2 Å². The zero-order valence-electron chi connectivity index (χ0n) is 12.4. The zero-order chi connectivity index (χ0) is 15.7. The van der Waals surface area contributed by atoms with Crippen LogP contribution in [0.1, 0.15) is 38.8 Å². The molecule has 1 aromatic heterocycles. The van der Waals surface area contributed by atoms with Crippen molar-refractivity contribution in [3.8, 4) is 23.7 Å². The molecule has 2 N–H and O–H groups in total. The number of benzene rings is 1. The monoisotopic (exact) mass is 300 g/mol. The van der Waals surface area contributed by atoms with Crippen molar-refractivity contribution < 1.29 is 10.2 Å². The van der Waals surface area contributed by atoms with Crippen LogP contribution in [0.3, 0.4) is 0 Å². The molecule has 0 spiro atoms. The van der Waals surface area contributed by atoms with E-state index in [1.54, 1.807) is 39.8 Å². The number of fused-ring (bicyclic) bond motifs is 1. The molecule has 1 aromatic carbocycles. The van der Waals surface area contributed by atoms with Gasteiger partial charge in [0.05, 0.1) is 22.9 Å². The van der Waals surface area contributed by atoms with Crippen molar-refractivity contribution in [2.75, 3.05) is 0 Å². The highest BCUT2D eigenvalue weighted by Gasteiger charge is 2.11. The van der Waals surface area contributed by atoms with Gasteiger partial charge >= 0.3 is 0 Å². The molecule has 0 aliphatic rings. The minimum absolute atomic E-state index is 0.666. The lowest BCUT2D eigenvalue weighted by Crippen LogP contribution is -2.14. The first-order valence-corrected chi connectivity index (χ1v) is 7.15. The van der Waals surface area contributed by atoms with E-state index in [9.17, 15) is 10.2 Å².